The van der Waals surface area contributed by atoms with Gasteiger partial charge in [0.1, 0.15) is 18.0 Å². The smallest absolute Gasteiger partial charge is 0.256 e. The number of hydrogen-bond acceptors (Lipinski definition) is 7. The van der Waals surface area contributed by atoms with Crippen LogP contribution in [0.1, 0.15) is 23.0 Å². The molecule has 1 aromatic carbocycles. The number of anilines is 1. The largest absolute Gasteiger partial charge is 0.384 e. The molecular weight excluding hydrogens is 461 g/mol. The third-order valence-electron chi connectivity index (χ3n) is 6.05. The number of nitrogen functional groups attached to an aromatic ring is 1. The topological polar surface area (TPSA) is 136 Å². The van der Waals surface area contributed by atoms with Gasteiger partial charge < -0.3 is 20.9 Å². The SMILES string of the molecule is CCc1ncnc(-c2ccc(C(=O)N3CCN(/C(=N\C#N)NC)CC3)c(F)c2)c1-c1ccc(N)nc1. The first-order chi connectivity index (χ1) is 17.5. The van der Waals surface area contributed by atoms with Crippen LogP contribution in [0, 0.1) is 17.3 Å². The van der Waals surface area contributed by atoms with Gasteiger partial charge in [0.2, 0.25) is 12.2 Å². The second-order valence-corrected chi connectivity index (χ2v) is 8.13. The maximum absolute atomic E-state index is 15.3. The van der Waals surface area contributed by atoms with Gasteiger partial charge in [-0.1, -0.05) is 13.0 Å². The van der Waals surface area contributed by atoms with E-state index in [9.17, 15) is 4.79 Å². The van der Waals surface area contributed by atoms with E-state index in [1.54, 1.807) is 36.5 Å². The zero-order chi connectivity index (χ0) is 25.7. The summed E-state index contributed by atoms with van der Waals surface area (Å²) < 4.78 is 15.3. The van der Waals surface area contributed by atoms with Crippen LogP contribution in [0.3, 0.4) is 0 Å². The van der Waals surface area contributed by atoms with Crippen LogP contribution in [0.2, 0.25) is 0 Å². The number of aryl methyl sites for hydroxylation is 1. The van der Waals surface area contributed by atoms with Crippen molar-refractivity contribution in [3.8, 4) is 28.6 Å². The number of piperazine rings is 1. The van der Waals surface area contributed by atoms with Crippen molar-refractivity contribution in [3.63, 3.8) is 0 Å². The molecule has 0 atom stereocenters. The number of hydrogen-bond donors (Lipinski definition) is 2. The average molecular weight is 488 g/mol. The highest BCUT2D eigenvalue weighted by atomic mass is 19.1. The summed E-state index contributed by atoms with van der Waals surface area (Å²) in [6, 6.07) is 8.05. The highest BCUT2D eigenvalue weighted by molar-refractivity contribution is 5.95. The first-order valence-corrected chi connectivity index (χ1v) is 11.5. The van der Waals surface area contributed by atoms with Crippen LogP contribution in [0.5, 0.6) is 0 Å². The molecule has 1 saturated heterocycles. The molecule has 1 aliphatic heterocycles. The molecular formula is C25H26FN9O. The summed E-state index contributed by atoms with van der Waals surface area (Å²) in [6.07, 6.45) is 5.51. The molecule has 1 aliphatic rings. The van der Waals surface area contributed by atoms with E-state index in [2.05, 4.69) is 25.3 Å². The number of aromatic nitrogens is 3. The fourth-order valence-electron chi connectivity index (χ4n) is 4.23. The van der Waals surface area contributed by atoms with Crippen molar-refractivity contribution in [2.24, 2.45) is 4.99 Å². The minimum absolute atomic E-state index is 0.00722. The first-order valence-electron chi connectivity index (χ1n) is 11.5. The summed E-state index contributed by atoms with van der Waals surface area (Å²) in [5.41, 5.74) is 9.14. The second-order valence-electron chi connectivity index (χ2n) is 8.13. The summed E-state index contributed by atoms with van der Waals surface area (Å²) in [5.74, 6) is -0.172. The van der Waals surface area contributed by atoms with Crippen molar-refractivity contribution in [3.05, 3.63) is 59.9 Å². The predicted molar refractivity (Wildman–Crippen MR) is 134 cm³/mol. The molecule has 3 aromatic rings. The number of carbonyl (C=O) groups excluding carboxylic acids is 1. The zero-order valence-electron chi connectivity index (χ0n) is 20.1. The van der Waals surface area contributed by atoms with Gasteiger partial charge in [0.25, 0.3) is 5.91 Å². The second kappa shape index (κ2) is 10.8. The summed E-state index contributed by atoms with van der Waals surface area (Å²) in [5, 5.41) is 11.7. The molecule has 0 saturated carbocycles. The van der Waals surface area contributed by atoms with Crippen LogP contribution in [0.25, 0.3) is 22.4 Å². The molecule has 184 valence electrons. The number of nitrogens with zero attached hydrogens (tertiary/aromatic N) is 7. The van der Waals surface area contributed by atoms with Crippen LogP contribution in [0.15, 0.2) is 47.8 Å². The number of nitrogens with two attached hydrogens (primary N) is 1. The number of pyridine rings is 1. The van der Waals surface area contributed by atoms with Gasteiger partial charge in [-0.05, 0) is 30.7 Å². The lowest BCUT2D eigenvalue weighted by Gasteiger charge is -2.35. The zero-order valence-corrected chi connectivity index (χ0v) is 20.1. The fraction of sp³-hybridized carbons (Fsp3) is 0.280. The third kappa shape index (κ3) is 4.93. The maximum Gasteiger partial charge on any atom is 0.256 e. The molecule has 0 aliphatic carbocycles. The third-order valence-corrected chi connectivity index (χ3v) is 6.05. The molecule has 1 fully saturated rings. The van der Waals surface area contributed by atoms with E-state index in [4.69, 9.17) is 11.0 Å². The summed E-state index contributed by atoms with van der Waals surface area (Å²) >= 11 is 0. The molecule has 0 radical (unpaired) electrons. The van der Waals surface area contributed by atoms with E-state index in [-0.39, 0.29) is 11.5 Å². The van der Waals surface area contributed by atoms with Gasteiger partial charge in [-0.15, -0.1) is 4.99 Å². The molecule has 36 heavy (non-hydrogen) atoms. The molecule has 0 bridgehead atoms. The van der Waals surface area contributed by atoms with Crippen molar-refractivity contribution in [1.82, 2.24) is 30.1 Å². The Hall–Kier alpha value is -4.59. The first kappa shape index (κ1) is 24.5. The molecule has 10 nitrogen and oxygen atoms in total. The lowest BCUT2D eigenvalue weighted by atomic mass is 9.96. The van der Waals surface area contributed by atoms with Crippen LogP contribution in [0.4, 0.5) is 10.2 Å². The monoisotopic (exact) mass is 487 g/mol. The van der Waals surface area contributed by atoms with Gasteiger partial charge in [-0.25, -0.2) is 19.3 Å². The molecule has 0 unspecified atom stereocenters. The number of carbonyl (C=O) groups is 1. The highest BCUT2D eigenvalue weighted by Crippen LogP contribution is 2.33. The number of rotatable bonds is 4. The number of aliphatic imine (C=N–C) groups is 1. The fourth-order valence-corrected chi connectivity index (χ4v) is 4.23. The van der Waals surface area contributed by atoms with Gasteiger partial charge in [0, 0.05) is 56.1 Å². The van der Waals surface area contributed by atoms with Crippen molar-refractivity contribution >= 4 is 17.7 Å². The number of guanidine groups is 1. The van der Waals surface area contributed by atoms with Gasteiger partial charge in [0.15, 0.2) is 0 Å². The van der Waals surface area contributed by atoms with E-state index >= 15 is 4.39 Å². The van der Waals surface area contributed by atoms with E-state index in [0.717, 1.165) is 16.8 Å². The normalized spacial score (nSPS) is 13.9. The van der Waals surface area contributed by atoms with E-state index in [0.29, 0.717) is 55.6 Å². The predicted octanol–water partition coefficient (Wildman–Crippen LogP) is 2.30. The summed E-state index contributed by atoms with van der Waals surface area (Å²) in [7, 11) is 1.68. The molecule has 2 aromatic heterocycles. The number of nitrogens with one attached hydrogen (secondary N) is 1. The Kier molecular flexibility index (Phi) is 7.34. The van der Waals surface area contributed by atoms with Gasteiger partial charge in [-0.2, -0.15) is 5.26 Å². The lowest BCUT2D eigenvalue weighted by molar-refractivity contribution is 0.0685. The maximum atomic E-state index is 15.3. The number of amides is 1. The van der Waals surface area contributed by atoms with Crippen LogP contribution in [-0.4, -0.2) is 69.8 Å². The van der Waals surface area contributed by atoms with Crippen molar-refractivity contribution in [2.75, 3.05) is 39.0 Å². The van der Waals surface area contributed by atoms with Gasteiger partial charge >= 0.3 is 0 Å². The van der Waals surface area contributed by atoms with Crippen molar-refractivity contribution < 1.29 is 9.18 Å². The molecule has 3 heterocycles. The molecule has 0 spiro atoms. The highest BCUT2D eigenvalue weighted by Gasteiger charge is 2.26. The number of halogens is 1. The van der Waals surface area contributed by atoms with Crippen LogP contribution in [-0.2, 0) is 6.42 Å². The molecule has 1 amide bonds. The minimum atomic E-state index is -0.625. The summed E-state index contributed by atoms with van der Waals surface area (Å²) in [4.78, 5) is 33.3. The van der Waals surface area contributed by atoms with E-state index < -0.39 is 5.82 Å². The Bertz CT molecular complexity index is 1330. The quantitative estimate of drug-likeness (QED) is 0.325. The van der Waals surface area contributed by atoms with Crippen molar-refractivity contribution in [2.45, 2.75) is 13.3 Å². The molecule has 11 heteroatoms. The average Bonchev–Trinajstić information content (AvgIpc) is 2.91. The molecule has 3 N–H and O–H groups in total. The van der Waals surface area contributed by atoms with E-state index in [1.807, 2.05) is 17.9 Å². The Labute approximate surface area is 208 Å². The van der Waals surface area contributed by atoms with Crippen molar-refractivity contribution in [1.29, 1.82) is 5.26 Å². The number of nitriles is 1. The standard InChI is InChI=1S/C25H26FN9O/c1-3-20-22(17-5-7-21(28)30-13-17)23(33-15-32-20)16-4-6-18(19(26)12-16)24(36)34-8-10-35(11-9-34)25(29-2)31-14-27/h4-7,12-13,15H,3,8-11H2,1-2H3,(H2,28,30)(H,29,31). The molecule has 4 rings (SSSR count). The van der Waals surface area contributed by atoms with Gasteiger partial charge in [0.05, 0.1) is 17.0 Å². The Morgan fingerprint density at radius 2 is 1.86 bits per heavy atom. The Balaban J connectivity index is 1.59. The van der Waals surface area contributed by atoms with Crippen LogP contribution >= 0.6 is 0 Å². The van der Waals surface area contributed by atoms with Crippen LogP contribution < -0.4 is 11.1 Å². The van der Waals surface area contributed by atoms with Gasteiger partial charge in [-0.3, -0.25) is 4.79 Å². The lowest BCUT2D eigenvalue weighted by Crippen LogP contribution is -2.53. The Morgan fingerprint density at radius 1 is 1.14 bits per heavy atom. The Morgan fingerprint density at radius 3 is 2.47 bits per heavy atom. The number of benzene rings is 1. The minimum Gasteiger partial charge on any atom is -0.384 e. The van der Waals surface area contributed by atoms with E-state index in [1.165, 1.54) is 18.5 Å². The summed E-state index contributed by atoms with van der Waals surface area (Å²) in [6.45, 7) is 3.70.